The highest BCUT2D eigenvalue weighted by Gasteiger charge is 2.18. The highest BCUT2D eigenvalue weighted by atomic mass is 15.3. The number of nitriles is 1. The Morgan fingerprint density at radius 3 is 2.30 bits per heavy atom. The SMILES string of the molecule is Cc1cc(CN2CCN(c3ccccn3)CC2)cc(C)c1Nc1ccnc(Nc2ccc(C#N)cc2)n1. The molecule has 0 amide bonds. The molecule has 186 valence electrons. The van der Waals surface area contributed by atoms with Crippen LogP contribution in [0.25, 0.3) is 0 Å². The van der Waals surface area contributed by atoms with E-state index in [4.69, 9.17) is 5.26 Å². The van der Waals surface area contributed by atoms with Crippen molar-refractivity contribution >= 4 is 29.0 Å². The number of hydrogen-bond acceptors (Lipinski definition) is 8. The smallest absolute Gasteiger partial charge is 0.229 e. The molecule has 0 bridgehead atoms. The summed E-state index contributed by atoms with van der Waals surface area (Å²) >= 11 is 0. The van der Waals surface area contributed by atoms with Crippen molar-refractivity contribution in [1.29, 1.82) is 5.26 Å². The zero-order valence-corrected chi connectivity index (χ0v) is 21.1. The number of piperazine rings is 1. The van der Waals surface area contributed by atoms with Crippen LogP contribution in [0.3, 0.4) is 0 Å². The van der Waals surface area contributed by atoms with Crippen LogP contribution in [0, 0.1) is 25.2 Å². The van der Waals surface area contributed by atoms with Gasteiger partial charge in [-0.25, -0.2) is 9.97 Å². The van der Waals surface area contributed by atoms with Crippen molar-refractivity contribution in [3.63, 3.8) is 0 Å². The number of hydrogen-bond donors (Lipinski definition) is 2. The average Bonchev–Trinajstić information content (AvgIpc) is 2.92. The summed E-state index contributed by atoms with van der Waals surface area (Å²) in [6, 6.07) is 21.8. The summed E-state index contributed by atoms with van der Waals surface area (Å²) in [6.07, 6.45) is 3.59. The first kappa shape index (κ1) is 24.2. The van der Waals surface area contributed by atoms with Crippen molar-refractivity contribution in [2.45, 2.75) is 20.4 Å². The van der Waals surface area contributed by atoms with Gasteiger partial charge in [-0.05, 0) is 73.0 Å². The predicted molar refractivity (Wildman–Crippen MR) is 147 cm³/mol. The molecule has 0 radical (unpaired) electrons. The second kappa shape index (κ2) is 11.1. The zero-order chi connectivity index (χ0) is 25.6. The minimum absolute atomic E-state index is 0.492. The first-order valence-electron chi connectivity index (χ1n) is 12.4. The van der Waals surface area contributed by atoms with Crippen LogP contribution in [0.4, 0.5) is 29.0 Å². The highest BCUT2D eigenvalue weighted by molar-refractivity contribution is 5.66. The van der Waals surface area contributed by atoms with Crippen molar-refractivity contribution in [2.24, 2.45) is 0 Å². The Balaban J connectivity index is 1.22. The molecule has 3 heterocycles. The fourth-order valence-electron chi connectivity index (χ4n) is 4.65. The third kappa shape index (κ3) is 6.02. The lowest BCUT2D eigenvalue weighted by Gasteiger charge is -2.35. The summed E-state index contributed by atoms with van der Waals surface area (Å²) in [5, 5.41) is 15.7. The molecular formula is C29H30N8. The molecule has 1 aliphatic heterocycles. The summed E-state index contributed by atoms with van der Waals surface area (Å²) in [4.78, 5) is 18.3. The van der Waals surface area contributed by atoms with Crippen molar-refractivity contribution in [2.75, 3.05) is 41.7 Å². The first-order chi connectivity index (χ1) is 18.1. The third-order valence-electron chi connectivity index (χ3n) is 6.52. The lowest BCUT2D eigenvalue weighted by Crippen LogP contribution is -2.46. The van der Waals surface area contributed by atoms with E-state index in [0.717, 1.165) is 55.7 Å². The molecule has 0 unspecified atom stereocenters. The highest BCUT2D eigenvalue weighted by Crippen LogP contribution is 2.27. The minimum Gasteiger partial charge on any atom is -0.354 e. The van der Waals surface area contributed by atoms with Crippen molar-refractivity contribution in [1.82, 2.24) is 19.9 Å². The number of aromatic nitrogens is 3. The van der Waals surface area contributed by atoms with Gasteiger partial charge in [0.05, 0.1) is 11.6 Å². The van der Waals surface area contributed by atoms with Gasteiger partial charge in [-0.15, -0.1) is 0 Å². The number of aryl methyl sites for hydroxylation is 2. The van der Waals surface area contributed by atoms with Gasteiger partial charge in [0.25, 0.3) is 0 Å². The molecule has 4 aromatic rings. The molecule has 0 aliphatic carbocycles. The van der Waals surface area contributed by atoms with E-state index < -0.39 is 0 Å². The predicted octanol–water partition coefficient (Wildman–Crippen LogP) is 5.17. The van der Waals surface area contributed by atoms with Crippen LogP contribution in [0.5, 0.6) is 0 Å². The number of nitrogens with one attached hydrogen (secondary N) is 2. The van der Waals surface area contributed by atoms with Gasteiger partial charge >= 0.3 is 0 Å². The van der Waals surface area contributed by atoms with E-state index in [9.17, 15) is 0 Å². The van der Waals surface area contributed by atoms with E-state index in [-0.39, 0.29) is 0 Å². The molecule has 37 heavy (non-hydrogen) atoms. The molecule has 0 saturated carbocycles. The fourth-order valence-corrected chi connectivity index (χ4v) is 4.65. The normalized spacial score (nSPS) is 13.7. The lowest BCUT2D eigenvalue weighted by atomic mass is 10.0. The second-order valence-corrected chi connectivity index (χ2v) is 9.26. The maximum atomic E-state index is 8.98. The fraction of sp³-hybridized carbons (Fsp3) is 0.241. The quantitative estimate of drug-likeness (QED) is 0.367. The Hall–Kier alpha value is -4.48. The maximum Gasteiger partial charge on any atom is 0.229 e. The third-order valence-corrected chi connectivity index (χ3v) is 6.52. The van der Waals surface area contributed by atoms with Gasteiger partial charge in [-0.2, -0.15) is 10.2 Å². The summed E-state index contributed by atoms with van der Waals surface area (Å²) in [5.74, 6) is 2.27. The van der Waals surface area contributed by atoms with E-state index in [0.29, 0.717) is 11.5 Å². The molecule has 8 heteroatoms. The second-order valence-electron chi connectivity index (χ2n) is 9.26. The van der Waals surface area contributed by atoms with Crippen LogP contribution in [0.2, 0.25) is 0 Å². The van der Waals surface area contributed by atoms with Crippen LogP contribution in [0.15, 0.2) is 73.1 Å². The van der Waals surface area contributed by atoms with E-state index in [1.165, 1.54) is 16.7 Å². The van der Waals surface area contributed by atoms with Crippen molar-refractivity contribution in [3.8, 4) is 6.07 Å². The summed E-state index contributed by atoms with van der Waals surface area (Å²) < 4.78 is 0. The van der Waals surface area contributed by atoms with Crippen LogP contribution in [0.1, 0.15) is 22.3 Å². The van der Waals surface area contributed by atoms with Gasteiger partial charge < -0.3 is 15.5 Å². The zero-order valence-electron chi connectivity index (χ0n) is 21.1. The van der Waals surface area contributed by atoms with Gasteiger partial charge in [0.15, 0.2) is 0 Å². The summed E-state index contributed by atoms with van der Waals surface area (Å²) in [6.45, 7) is 9.21. The minimum atomic E-state index is 0.492. The molecule has 0 spiro atoms. The Morgan fingerprint density at radius 1 is 0.865 bits per heavy atom. The van der Waals surface area contributed by atoms with E-state index in [2.05, 4.69) is 73.5 Å². The van der Waals surface area contributed by atoms with Gasteiger partial charge in [-0.1, -0.05) is 18.2 Å². The molecule has 2 aromatic heterocycles. The van der Waals surface area contributed by atoms with E-state index >= 15 is 0 Å². The Labute approximate surface area is 217 Å². The molecule has 2 N–H and O–H groups in total. The Bertz CT molecular complexity index is 1360. The monoisotopic (exact) mass is 490 g/mol. The number of nitrogens with zero attached hydrogens (tertiary/aromatic N) is 6. The van der Waals surface area contributed by atoms with Crippen LogP contribution >= 0.6 is 0 Å². The van der Waals surface area contributed by atoms with Crippen molar-refractivity contribution < 1.29 is 0 Å². The largest absolute Gasteiger partial charge is 0.354 e. The van der Waals surface area contributed by atoms with Crippen LogP contribution in [-0.4, -0.2) is 46.0 Å². The van der Waals surface area contributed by atoms with Crippen LogP contribution < -0.4 is 15.5 Å². The number of anilines is 5. The number of rotatable bonds is 7. The molecule has 1 aliphatic rings. The molecule has 8 nitrogen and oxygen atoms in total. The number of pyridine rings is 1. The lowest BCUT2D eigenvalue weighted by molar-refractivity contribution is 0.249. The number of benzene rings is 2. The summed E-state index contributed by atoms with van der Waals surface area (Å²) in [5.41, 5.74) is 6.19. The van der Waals surface area contributed by atoms with Crippen LogP contribution in [-0.2, 0) is 6.54 Å². The molecule has 1 saturated heterocycles. The standard InChI is InChI=1S/C29H30N8/c1-21-17-24(20-36-13-15-37(16-14-36)27-5-3-4-11-31-27)18-22(2)28(21)34-26-10-12-32-29(35-26)33-25-8-6-23(19-30)7-9-25/h3-12,17-18H,13-16,20H2,1-2H3,(H2,32,33,34,35). The van der Waals surface area contributed by atoms with Gasteiger partial charge in [-0.3, -0.25) is 4.90 Å². The molecule has 5 rings (SSSR count). The molecule has 2 aromatic carbocycles. The molecule has 0 atom stereocenters. The van der Waals surface area contributed by atoms with Gasteiger partial charge in [0.1, 0.15) is 11.6 Å². The van der Waals surface area contributed by atoms with Gasteiger partial charge in [0.2, 0.25) is 5.95 Å². The topological polar surface area (TPSA) is 93.0 Å². The maximum absolute atomic E-state index is 8.98. The van der Waals surface area contributed by atoms with E-state index in [1.54, 1.807) is 18.3 Å². The molecular weight excluding hydrogens is 460 g/mol. The van der Waals surface area contributed by atoms with Crippen molar-refractivity contribution in [3.05, 3.63) is 95.3 Å². The average molecular weight is 491 g/mol. The van der Waals surface area contributed by atoms with Gasteiger partial charge in [0, 0.05) is 56.5 Å². The van der Waals surface area contributed by atoms with E-state index in [1.807, 2.05) is 36.5 Å². The Kier molecular flexibility index (Phi) is 7.24. The Morgan fingerprint density at radius 2 is 1.62 bits per heavy atom. The first-order valence-corrected chi connectivity index (χ1v) is 12.4. The molecule has 1 fully saturated rings. The summed E-state index contributed by atoms with van der Waals surface area (Å²) in [7, 11) is 0.